The van der Waals surface area contributed by atoms with Crippen molar-refractivity contribution in [3.05, 3.63) is 76.0 Å². The van der Waals surface area contributed by atoms with E-state index < -0.39 is 16.1 Å². The van der Waals surface area contributed by atoms with Gasteiger partial charge in [-0.1, -0.05) is 109 Å². The number of benzene rings is 2. The van der Waals surface area contributed by atoms with Gasteiger partial charge < -0.3 is 0 Å². The Morgan fingerprint density at radius 3 is 1.75 bits per heavy atom. The predicted octanol–water partition coefficient (Wildman–Crippen LogP) is 5.57. The van der Waals surface area contributed by atoms with Gasteiger partial charge in [-0.2, -0.15) is 0 Å². The molecule has 2 aromatic rings. The molecule has 0 saturated carbocycles. The highest BCUT2D eigenvalue weighted by Crippen LogP contribution is 2.41. The van der Waals surface area contributed by atoms with Gasteiger partial charge in [-0.3, -0.25) is 0 Å². The van der Waals surface area contributed by atoms with Crippen LogP contribution in [0.5, 0.6) is 0 Å². The first-order valence-corrected chi connectivity index (χ1v) is 16.5. The lowest BCUT2D eigenvalue weighted by Crippen LogP contribution is -2.60. The summed E-state index contributed by atoms with van der Waals surface area (Å²) in [4.78, 5) is 0. The lowest BCUT2D eigenvalue weighted by molar-refractivity contribution is 0.850. The Hall–Kier alpha value is -1.65. The van der Waals surface area contributed by atoms with Crippen LogP contribution in [0.25, 0.3) is 0 Å². The van der Waals surface area contributed by atoms with E-state index in [1.807, 2.05) is 0 Å². The summed E-state index contributed by atoms with van der Waals surface area (Å²) >= 11 is 0. The predicted molar refractivity (Wildman–Crippen MR) is 132 cm³/mol. The molecule has 148 valence electrons. The molecule has 2 atom stereocenters. The molecular formula is C26H36Si2. The van der Waals surface area contributed by atoms with Gasteiger partial charge in [0.2, 0.25) is 0 Å². The van der Waals surface area contributed by atoms with E-state index in [-0.39, 0.29) is 0 Å². The summed E-state index contributed by atoms with van der Waals surface area (Å²) in [6.07, 6.45) is 0. The van der Waals surface area contributed by atoms with Crippen LogP contribution in [0.2, 0.25) is 26.2 Å². The summed E-state index contributed by atoms with van der Waals surface area (Å²) in [7, 11) is -3.44. The summed E-state index contributed by atoms with van der Waals surface area (Å²) in [5.74, 6) is 0.535. The van der Waals surface area contributed by atoms with Crippen LogP contribution in [0.15, 0.2) is 70.4 Å². The normalized spacial score (nSPS) is 20.0. The maximum Gasteiger partial charge on any atom is 0.142 e. The van der Waals surface area contributed by atoms with Crippen molar-refractivity contribution in [2.45, 2.75) is 60.8 Å². The topological polar surface area (TPSA) is 0 Å². The molecule has 2 unspecified atom stereocenters. The molecule has 0 amide bonds. The van der Waals surface area contributed by atoms with Crippen molar-refractivity contribution in [1.29, 1.82) is 0 Å². The van der Waals surface area contributed by atoms with Gasteiger partial charge in [0.25, 0.3) is 0 Å². The van der Waals surface area contributed by atoms with Crippen LogP contribution in [0.4, 0.5) is 0 Å². The number of rotatable bonds is 4. The molecule has 0 fully saturated rings. The first kappa shape index (κ1) is 21.1. The Labute approximate surface area is 174 Å². The smallest absolute Gasteiger partial charge is 0.0656 e. The maximum atomic E-state index is 2.59. The summed E-state index contributed by atoms with van der Waals surface area (Å²) in [6.45, 7) is 21.7. The molecule has 28 heavy (non-hydrogen) atoms. The molecule has 0 aromatic heterocycles. The van der Waals surface area contributed by atoms with Gasteiger partial charge in [0, 0.05) is 0 Å². The quantitative estimate of drug-likeness (QED) is 0.584. The van der Waals surface area contributed by atoms with E-state index in [1.165, 1.54) is 16.3 Å². The third-order valence-corrected chi connectivity index (χ3v) is 13.9. The zero-order valence-corrected chi connectivity index (χ0v) is 21.2. The lowest BCUT2D eigenvalue weighted by Gasteiger charge is -2.36. The van der Waals surface area contributed by atoms with Gasteiger partial charge >= 0.3 is 0 Å². The highest BCUT2D eigenvalue weighted by atomic mass is 28.3. The molecule has 0 heterocycles. The SMILES string of the molecule is CC1=C(C)C(C)C([Si](C)(c2ccccc2)c2cc(C)cc([Si](C)(C)C)c2)=C1C. The fourth-order valence-electron chi connectivity index (χ4n) is 4.93. The summed E-state index contributed by atoms with van der Waals surface area (Å²) in [6, 6.07) is 18.8. The molecule has 1 aliphatic carbocycles. The molecule has 0 radical (unpaired) electrons. The second-order valence-electron chi connectivity index (χ2n) is 9.90. The Balaban J connectivity index is 2.34. The first-order chi connectivity index (χ1) is 13.0. The van der Waals surface area contributed by atoms with Gasteiger partial charge in [0.15, 0.2) is 0 Å². The molecule has 0 aliphatic heterocycles. The van der Waals surface area contributed by atoms with Gasteiger partial charge in [-0.25, -0.2) is 0 Å². The maximum absolute atomic E-state index is 2.59. The monoisotopic (exact) mass is 404 g/mol. The fourth-order valence-corrected chi connectivity index (χ4v) is 11.1. The van der Waals surface area contributed by atoms with Crippen LogP contribution >= 0.6 is 0 Å². The van der Waals surface area contributed by atoms with Crippen LogP contribution < -0.4 is 15.6 Å². The minimum absolute atomic E-state index is 0.535. The number of aryl methyl sites for hydroxylation is 1. The average Bonchev–Trinajstić information content (AvgIpc) is 2.84. The van der Waals surface area contributed by atoms with E-state index in [4.69, 9.17) is 0 Å². The Kier molecular flexibility index (Phi) is 5.50. The van der Waals surface area contributed by atoms with Gasteiger partial charge in [-0.05, 0) is 49.6 Å². The van der Waals surface area contributed by atoms with E-state index in [0.717, 1.165) is 0 Å². The number of allylic oxidation sites excluding steroid dienone is 4. The van der Waals surface area contributed by atoms with Gasteiger partial charge in [0.05, 0.1) is 8.07 Å². The molecule has 2 heteroatoms. The zero-order chi connectivity index (χ0) is 20.9. The van der Waals surface area contributed by atoms with Gasteiger partial charge in [-0.15, -0.1) is 0 Å². The first-order valence-electron chi connectivity index (χ1n) is 10.5. The molecule has 0 spiro atoms. The van der Waals surface area contributed by atoms with E-state index in [2.05, 4.69) is 109 Å². The molecule has 0 nitrogen and oxygen atoms in total. The van der Waals surface area contributed by atoms with Crippen LogP contribution in [0.3, 0.4) is 0 Å². The largest absolute Gasteiger partial charge is 0.142 e. The highest BCUT2D eigenvalue weighted by Gasteiger charge is 2.43. The summed E-state index contributed by atoms with van der Waals surface area (Å²) in [5.41, 5.74) is 6.02. The second kappa shape index (κ2) is 7.31. The Morgan fingerprint density at radius 2 is 1.25 bits per heavy atom. The zero-order valence-electron chi connectivity index (χ0n) is 19.2. The van der Waals surface area contributed by atoms with E-state index in [0.29, 0.717) is 5.92 Å². The average molecular weight is 405 g/mol. The summed E-state index contributed by atoms with van der Waals surface area (Å²) in [5, 5.41) is 6.41. The highest BCUT2D eigenvalue weighted by molar-refractivity contribution is 7.07. The van der Waals surface area contributed by atoms with Crippen molar-refractivity contribution >= 4 is 31.7 Å². The molecule has 3 rings (SSSR count). The van der Waals surface area contributed by atoms with Crippen molar-refractivity contribution in [3.63, 3.8) is 0 Å². The molecule has 0 N–H and O–H groups in total. The molecular weight excluding hydrogens is 368 g/mol. The van der Waals surface area contributed by atoms with Crippen LogP contribution in [0.1, 0.15) is 33.3 Å². The lowest BCUT2D eigenvalue weighted by atomic mass is 10.1. The van der Waals surface area contributed by atoms with Crippen LogP contribution in [0, 0.1) is 12.8 Å². The minimum atomic E-state index is -2.06. The van der Waals surface area contributed by atoms with Crippen molar-refractivity contribution in [1.82, 2.24) is 0 Å². The minimum Gasteiger partial charge on any atom is -0.0656 e. The molecule has 0 bridgehead atoms. The van der Waals surface area contributed by atoms with E-state index >= 15 is 0 Å². The van der Waals surface area contributed by atoms with Crippen LogP contribution in [-0.2, 0) is 0 Å². The third kappa shape index (κ3) is 3.42. The second-order valence-corrected chi connectivity index (χ2v) is 18.9. The number of hydrogen-bond acceptors (Lipinski definition) is 0. The van der Waals surface area contributed by atoms with E-state index in [1.54, 1.807) is 26.7 Å². The van der Waals surface area contributed by atoms with Crippen molar-refractivity contribution < 1.29 is 0 Å². The molecule has 1 aliphatic rings. The van der Waals surface area contributed by atoms with E-state index in [9.17, 15) is 0 Å². The van der Waals surface area contributed by atoms with Crippen molar-refractivity contribution in [3.8, 4) is 0 Å². The molecule has 2 aromatic carbocycles. The summed E-state index contributed by atoms with van der Waals surface area (Å²) < 4.78 is 0. The number of hydrogen-bond donors (Lipinski definition) is 0. The van der Waals surface area contributed by atoms with Gasteiger partial charge in [0.1, 0.15) is 8.07 Å². The van der Waals surface area contributed by atoms with Crippen molar-refractivity contribution in [2.24, 2.45) is 5.92 Å². The fraction of sp³-hybridized carbons (Fsp3) is 0.385. The Bertz CT molecular complexity index is 958. The third-order valence-electron chi connectivity index (χ3n) is 7.05. The standard InChI is InChI=1S/C26H36Si2/c1-18-15-24(27(6,7)8)17-25(16-18)28(9,23-13-11-10-12-14-23)26-21(4)19(2)20(3)22(26)5/h10-17,21H,1-9H3. The Morgan fingerprint density at radius 1 is 0.679 bits per heavy atom. The molecule has 0 saturated heterocycles. The van der Waals surface area contributed by atoms with Crippen molar-refractivity contribution in [2.75, 3.05) is 0 Å². The van der Waals surface area contributed by atoms with Crippen LogP contribution in [-0.4, -0.2) is 16.1 Å².